The number of piperidine rings is 1. The molecule has 1 saturated carbocycles. The molecule has 0 aromatic heterocycles. The molecule has 2 rings (SSSR count). The summed E-state index contributed by atoms with van der Waals surface area (Å²) in [5.74, 6) is 0.790. The summed E-state index contributed by atoms with van der Waals surface area (Å²) in [6.07, 6.45) is 4.72. The summed E-state index contributed by atoms with van der Waals surface area (Å²) in [7, 11) is 3.96. The third kappa shape index (κ3) is 5.37. The highest BCUT2D eigenvalue weighted by atomic mass is 16.5. The number of nitrogens with zero attached hydrogens (tertiary/aromatic N) is 2. The molecule has 2 aliphatic rings. The fourth-order valence-electron chi connectivity index (χ4n) is 2.28. The first-order valence-corrected chi connectivity index (χ1v) is 7.43. The van der Waals surface area contributed by atoms with Crippen molar-refractivity contribution in [3.8, 4) is 0 Å². The number of amides is 2. The Balaban J connectivity index is 1.55. The molecule has 0 spiro atoms. The summed E-state index contributed by atoms with van der Waals surface area (Å²) < 4.78 is 5.55. The van der Waals surface area contributed by atoms with Crippen molar-refractivity contribution in [1.29, 1.82) is 0 Å². The molecule has 0 aromatic rings. The number of ether oxygens (including phenoxy) is 1. The molecule has 1 aliphatic heterocycles. The molecule has 1 saturated heterocycles. The summed E-state index contributed by atoms with van der Waals surface area (Å²) in [4.78, 5) is 16.0. The van der Waals surface area contributed by atoms with Gasteiger partial charge in [-0.3, -0.25) is 0 Å². The van der Waals surface area contributed by atoms with Gasteiger partial charge in [0.15, 0.2) is 0 Å². The lowest BCUT2D eigenvalue weighted by molar-refractivity contribution is 0.106. The summed E-state index contributed by atoms with van der Waals surface area (Å²) in [5.41, 5.74) is 0. The summed E-state index contributed by atoms with van der Waals surface area (Å²) in [6, 6.07) is 0.364. The molecule has 1 N–H and O–H groups in total. The Bertz CT molecular complexity index is 286. The van der Waals surface area contributed by atoms with E-state index in [9.17, 15) is 4.79 Å². The van der Waals surface area contributed by atoms with E-state index in [0.717, 1.165) is 38.5 Å². The van der Waals surface area contributed by atoms with Crippen molar-refractivity contribution in [2.24, 2.45) is 5.92 Å². The van der Waals surface area contributed by atoms with Crippen LogP contribution in [0.4, 0.5) is 4.79 Å². The largest absolute Gasteiger partial charge is 0.379 e. The van der Waals surface area contributed by atoms with Crippen LogP contribution in [0.1, 0.15) is 25.7 Å². The number of hydrogen-bond acceptors (Lipinski definition) is 3. The minimum Gasteiger partial charge on any atom is -0.379 e. The van der Waals surface area contributed by atoms with Gasteiger partial charge in [-0.15, -0.1) is 0 Å². The van der Waals surface area contributed by atoms with Crippen molar-refractivity contribution >= 4 is 6.03 Å². The molecule has 1 heterocycles. The fraction of sp³-hybridized carbons (Fsp3) is 0.929. The molecule has 2 fully saturated rings. The van der Waals surface area contributed by atoms with E-state index >= 15 is 0 Å². The van der Waals surface area contributed by atoms with E-state index in [1.165, 1.54) is 12.8 Å². The normalized spacial score (nSPS) is 21.4. The van der Waals surface area contributed by atoms with Crippen LogP contribution in [0.2, 0.25) is 0 Å². The zero-order valence-corrected chi connectivity index (χ0v) is 12.2. The summed E-state index contributed by atoms with van der Waals surface area (Å²) in [6.45, 7) is 4.32. The van der Waals surface area contributed by atoms with Crippen LogP contribution in [0.25, 0.3) is 0 Å². The Hall–Kier alpha value is -0.810. The van der Waals surface area contributed by atoms with Crippen LogP contribution in [0.5, 0.6) is 0 Å². The van der Waals surface area contributed by atoms with Crippen molar-refractivity contribution in [3.05, 3.63) is 0 Å². The lowest BCUT2D eigenvalue weighted by Crippen LogP contribution is -2.48. The molecule has 0 atom stereocenters. The maximum absolute atomic E-state index is 12.0. The van der Waals surface area contributed by atoms with E-state index in [1.54, 1.807) is 4.90 Å². The van der Waals surface area contributed by atoms with Crippen LogP contribution in [-0.4, -0.2) is 68.8 Å². The summed E-state index contributed by atoms with van der Waals surface area (Å²) in [5, 5.41) is 3.11. The maximum atomic E-state index is 12.0. The molecule has 0 unspecified atom stereocenters. The lowest BCUT2D eigenvalue weighted by atomic mass is 10.1. The number of nitrogens with one attached hydrogen (secondary N) is 1. The second-order valence-corrected chi connectivity index (χ2v) is 5.97. The Morgan fingerprint density at radius 1 is 1.32 bits per heavy atom. The van der Waals surface area contributed by atoms with Crippen LogP contribution >= 0.6 is 0 Å². The van der Waals surface area contributed by atoms with E-state index in [0.29, 0.717) is 19.2 Å². The molecule has 0 aromatic carbocycles. The lowest BCUT2D eigenvalue weighted by Gasteiger charge is -2.30. The van der Waals surface area contributed by atoms with Gasteiger partial charge >= 0.3 is 6.03 Å². The predicted molar refractivity (Wildman–Crippen MR) is 75.2 cm³/mol. The number of urea groups is 1. The van der Waals surface area contributed by atoms with Crippen molar-refractivity contribution in [1.82, 2.24) is 15.1 Å². The Morgan fingerprint density at radius 2 is 2.00 bits per heavy atom. The Labute approximate surface area is 116 Å². The fourth-order valence-corrected chi connectivity index (χ4v) is 2.28. The number of carbonyl (C=O) groups excluding carboxylic acids is 1. The highest BCUT2D eigenvalue weighted by Gasteiger charge is 2.22. The van der Waals surface area contributed by atoms with Crippen LogP contribution < -0.4 is 5.32 Å². The monoisotopic (exact) mass is 269 g/mol. The number of carbonyl (C=O) groups is 1. The van der Waals surface area contributed by atoms with Gasteiger partial charge in [-0.05, 0) is 51.7 Å². The third-order valence-corrected chi connectivity index (χ3v) is 4.01. The van der Waals surface area contributed by atoms with Crippen LogP contribution in [0.15, 0.2) is 0 Å². The van der Waals surface area contributed by atoms with E-state index in [4.69, 9.17) is 4.74 Å². The zero-order valence-electron chi connectivity index (χ0n) is 12.2. The average Bonchev–Trinajstić information content (AvgIpc) is 3.21. The molecule has 5 nitrogen and oxygen atoms in total. The van der Waals surface area contributed by atoms with Crippen LogP contribution in [-0.2, 0) is 4.74 Å². The van der Waals surface area contributed by atoms with E-state index in [2.05, 4.69) is 17.3 Å². The van der Waals surface area contributed by atoms with Gasteiger partial charge < -0.3 is 19.9 Å². The van der Waals surface area contributed by atoms with E-state index in [-0.39, 0.29) is 6.03 Å². The molecule has 110 valence electrons. The second kappa shape index (κ2) is 7.10. The molecule has 19 heavy (non-hydrogen) atoms. The number of hydrogen-bond donors (Lipinski definition) is 1. The average molecular weight is 269 g/mol. The van der Waals surface area contributed by atoms with Crippen LogP contribution in [0, 0.1) is 5.92 Å². The smallest absolute Gasteiger partial charge is 0.317 e. The molecular weight excluding hydrogens is 242 g/mol. The van der Waals surface area contributed by atoms with E-state index in [1.807, 2.05) is 7.05 Å². The quantitative estimate of drug-likeness (QED) is 0.736. The second-order valence-electron chi connectivity index (χ2n) is 5.97. The third-order valence-electron chi connectivity index (χ3n) is 4.01. The maximum Gasteiger partial charge on any atom is 0.317 e. The number of likely N-dealkylation sites (tertiary alicyclic amines) is 1. The Kier molecular flexibility index (Phi) is 5.45. The highest BCUT2D eigenvalue weighted by Crippen LogP contribution is 2.28. The highest BCUT2D eigenvalue weighted by molar-refractivity contribution is 5.74. The van der Waals surface area contributed by atoms with Gasteiger partial charge in [-0.25, -0.2) is 4.79 Å². The van der Waals surface area contributed by atoms with Gasteiger partial charge in [0.1, 0.15) is 0 Å². The van der Waals surface area contributed by atoms with Gasteiger partial charge in [0.25, 0.3) is 0 Å². The van der Waals surface area contributed by atoms with Crippen molar-refractivity contribution in [2.75, 3.05) is 46.9 Å². The summed E-state index contributed by atoms with van der Waals surface area (Å²) >= 11 is 0. The van der Waals surface area contributed by atoms with Gasteiger partial charge in [-0.2, -0.15) is 0 Å². The first kappa shape index (κ1) is 14.6. The van der Waals surface area contributed by atoms with Gasteiger partial charge in [0.05, 0.1) is 6.61 Å². The van der Waals surface area contributed by atoms with Crippen molar-refractivity contribution in [3.63, 3.8) is 0 Å². The first-order chi connectivity index (χ1) is 9.15. The van der Waals surface area contributed by atoms with Crippen molar-refractivity contribution in [2.45, 2.75) is 31.7 Å². The molecule has 1 aliphatic carbocycles. The number of rotatable bonds is 6. The van der Waals surface area contributed by atoms with Gasteiger partial charge in [0.2, 0.25) is 0 Å². The number of likely N-dealkylation sites (N-methyl/N-ethyl adjacent to an activating group) is 1. The molecule has 0 bridgehead atoms. The molecule has 5 heteroatoms. The molecule has 2 amide bonds. The zero-order chi connectivity index (χ0) is 13.7. The first-order valence-electron chi connectivity index (χ1n) is 7.43. The SMILES string of the molecule is CN1CCC(NC(=O)N(C)CCOCC2CC2)CC1. The van der Waals surface area contributed by atoms with E-state index < -0.39 is 0 Å². The minimum absolute atomic E-state index is 0.0320. The Morgan fingerprint density at radius 3 is 2.63 bits per heavy atom. The standard InChI is InChI=1S/C14H27N3O2/c1-16-7-5-13(6-8-16)15-14(18)17(2)9-10-19-11-12-3-4-12/h12-13H,3-11H2,1-2H3,(H,15,18). The van der Waals surface area contributed by atoms with Gasteiger partial charge in [0, 0.05) is 26.2 Å². The van der Waals surface area contributed by atoms with Crippen LogP contribution in [0.3, 0.4) is 0 Å². The van der Waals surface area contributed by atoms with Crippen molar-refractivity contribution < 1.29 is 9.53 Å². The topological polar surface area (TPSA) is 44.8 Å². The molecule has 0 radical (unpaired) electrons. The minimum atomic E-state index is 0.0320. The predicted octanol–water partition coefficient (Wildman–Crippen LogP) is 1.15. The molecular formula is C14H27N3O2. The van der Waals surface area contributed by atoms with Gasteiger partial charge in [-0.1, -0.05) is 0 Å².